The van der Waals surface area contributed by atoms with Gasteiger partial charge < -0.3 is 10.4 Å². The molecule has 0 fully saturated rings. The van der Waals surface area contributed by atoms with Gasteiger partial charge in [-0.1, -0.05) is 11.6 Å². The van der Waals surface area contributed by atoms with Crippen LogP contribution in [0.15, 0.2) is 24.3 Å². The fraction of sp³-hybridized carbons (Fsp3) is 0. The van der Waals surface area contributed by atoms with Gasteiger partial charge in [-0.3, -0.25) is 0 Å². The second-order valence-electron chi connectivity index (χ2n) is 3.96. The molecule has 0 radical (unpaired) electrons. The van der Waals surface area contributed by atoms with Crippen molar-refractivity contribution in [3.8, 4) is 0 Å². The number of carboxylic acids is 1. The van der Waals surface area contributed by atoms with Gasteiger partial charge in [-0.2, -0.15) is 0 Å². The number of benzene rings is 2. The van der Waals surface area contributed by atoms with Gasteiger partial charge in [0.15, 0.2) is 23.3 Å². The summed E-state index contributed by atoms with van der Waals surface area (Å²) in [7, 11) is 0. The van der Waals surface area contributed by atoms with Crippen molar-refractivity contribution in [3.63, 3.8) is 0 Å². The molecule has 0 atom stereocenters. The Morgan fingerprint density at radius 2 is 1.62 bits per heavy atom. The molecule has 0 aromatic heterocycles. The minimum absolute atomic E-state index is 0.0514. The van der Waals surface area contributed by atoms with Crippen LogP contribution in [0, 0.1) is 23.3 Å². The Hall–Kier alpha value is -2.28. The molecule has 110 valence electrons. The van der Waals surface area contributed by atoms with Gasteiger partial charge in [0.05, 0.1) is 11.3 Å². The van der Waals surface area contributed by atoms with Crippen LogP contribution in [0.5, 0.6) is 0 Å². The minimum atomic E-state index is -1.67. The molecule has 0 amide bonds. The Morgan fingerprint density at radius 3 is 2.14 bits per heavy atom. The molecule has 0 spiro atoms. The summed E-state index contributed by atoms with van der Waals surface area (Å²) in [5.41, 5.74) is -1.81. The molecule has 2 N–H and O–H groups in total. The Kier molecular flexibility index (Phi) is 4.04. The third-order valence-corrected chi connectivity index (χ3v) is 2.82. The van der Waals surface area contributed by atoms with Crippen molar-refractivity contribution in [2.75, 3.05) is 5.32 Å². The molecule has 0 saturated carbocycles. The van der Waals surface area contributed by atoms with Crippen molar-refractivity contribution in [1.29, 1.82) is 0 Å². The number of nitrogens with one attached hydrogen (secondary N) is 1. The maximum Gasteiger partial charge on any atom is 0.337 e. The first-order chi connectivity index (χ1) is 9.81. The van der Waals surface area contributed by atoms with Crippen LogP contribution in [0.4, 0.5) is 28.9 Å². The quantitative estimate of drug-likeness (QED) is 0.653. The number of rotatable bonds is 3. The van der Waals surface area contributed by atoms with E-state index in [4.69, 9.17) is 16.7 Å². The first-order valence-electron chi connectivity index (χ1n) is 5.44. The maximum absolute atomic E-state index is 13.5. The predicted octanol–water partition coefficient (Wildman–Crippen LogP) is 4.34. The van der Waals surface area contributed by atoms with Gasteiger partial charge in [-0.05, 0) is 18.2 Å². The summed E-state index contributed by atoms with van der Waals surface area (Å²) < 4.78 is 53.2. The zero-order valence-corrected chi connectivity index (χ0v) is 10.8. The van der Waals surface area contributed by atoms with E-state index in [1.807, 2.05) is 5.32 Å². The highest BCUT2D eigenvalue weighted by Crippen LogP contribution is 2.30. The molecule has 3 nitrogen and oxygen atoms in total. The number of anilines is 2. The van der Waals surface area contributed by atoms with Crippen LogP contribution < -0.4 is 5.32 Å². The maximum atomic E-state index is 13.5. The van der Waals surface area contributed by atoms with Crippen molar-refractivity contribution < 1.29 is 27.5 Å². The molecule has 2 aromatic carbocycles. The third kappa shape index (κ3) is 2.92. The molecule has 0 unspecified atom stereocenters. The molecule has 0 bridgehead atoms. The third-order valence-electron chi connectivity index (χ3n) is 2.58. The number of halogens is 5. The summed E-state index contributed by atoms with van der Waals surface area (Å²) in [4.78, 5) is 11.0. The summed E-state index contributed by atoms with van der Waals surface area (Å²) in [6.45, 7) is 0. The first-order valence-corrected chi connectivity index (χ1v) is 5.82. The number of hydrogen-bond donors (Lipinski definition) is 2. The topological polar surface area (TPSA) is 49.3 Å². The lowest BCUT2D eigenvalue weighted by molar-refractivity contribution is 0.0698. The number of hydrogen-bond acceptors (Lipinski definition) is 2. The number of aromatic carboxylic acids is 1. The lowest BCUT2D eigenvalue weighted by Gasteiger charge is -2.12. The SMILES string of the molecule is O=C(O)c1cc(Cl)ccc1Nc1c(F)c(F)cc(F)c1F. The van der Waals surface area contributed by atoms with E-state index in [9.17, 15) is 22.4 Å². The summed E-state index contributed by atoms with van der Waals surface area (Å²) in [5, 5.41) is 11.1. The first kappa shape index (κ1) is 15.1. The summed E-state index contributed by atoms with van der Waals surface area (Å²) in [5.74, 6) is -7.98. The van der Waals surface area contributed by atoms with Crippen LogP contribution in [0.1, 0.15) is 10.4 Å². The molecule has 2 rings (SSSR count). The van der Waals surface area contributed by atoms with Crippen molar-refractivity contribution in [3.05, 3.63) is 58.1 Å². The van der Waals surface area contributed by atoms with E-state index in [1.54, 1.807) is 0 Å². The Balaban J connectivity index is 2.56. The molecule has 21 heavy (non-hydrogen) atoms. The van der Waals surface area contributed by atoms with Gasteiger partial charge in [0, 0.05) is 11.1 Å². The standard InChI is InChI=1S/C13H6ClF4NO2/c14-5-1-2-9(6(3-5)13(20)21)19-12-10(17)7(15)4-8(16)11(12)18/h1-4,19H,(H,20,21). The van der Waals surface area contributed by atoms with Crippen molar-refractivity contribution in [2.45, 2.75) is 0 Å². The van der Waals surface area contributed by atoms with Crippen LogP contribution in [0.2, 0.25) is 5.02 Å². The Bertz CT molecular complexity index is 710. The average Bonchev–Trinajstić information content (AvgIpc) is 2.42. The van der Waals surface area contributed by atoms with Crippen molar-refractivity contribution >= 4 is 28.9 Å². The van der Waals surface area contributed by atoms with Crippen LogP contribution >= 0.6 is 11.6 Å². The van der Waals surface area contributed by atoms with Gasteiger partial charge >= 0.3 is 5.97 Å². The van der Waals surface area contributed by atoms with Crippen LogP contribution in [0.3, 0.4) is 0 Å². The van der Waals surface area contributed by atoms with Crippen LogP contribution in [0.25, 0.3) is 0 Å². The Morgan fingerprint density at radius 1 is 1.05 bits per heavy atom. The largest absolute Gasteiger partial charge is 0.478 e. The molecule has 0 saturated heterocycles. The lowest BCUT2D eigenvalue weighted by atomic mass is 10.1. The van der Waals surface area contributed by atoms with Crippen molar-refractivity contribution in [2.24, 2.45) is 0 Å². The normalized spacial score (nSPS) is 10.5. The lowest BCUT2D eigenvalue weighted by Crippen LogP contribution is -2.07. The monoisotopic (exact) mass is 319 g/mol. The highest BCUT2D eigenvalue weighted by atomic mass is 35.5. The van der Waals surface area contributed by atoms with E-state index in [0.717, 1.165) is 12.1 Å². The zero-order valence-electron chi connectivity index (χ0n) is 10.1. The van der Waals surface area contributed by atoms with Crippen LogP contribution in [-0.4, -0.2) is 11.1 Å². The summed E-state index contributed by atoms with van der Waals surface area (Å²) >= 11 is 5.62. The summed E-state index contributed by atoms with van der Waals surface area (Å²) in [6, 6.07) is 3.45. The second kappa shape index (κ2) is 5.61. The number of carbonyl (C=O) groups is 1. The second-order valence-corrected chi connectivity index (χ2v) is 4.40. The van der Waals surface area contributed by atoms with Gasteiger partial charge in [0.2, 0.25) is 0 Å². The minimum Gasteiger partial charge on any atom is -0.478 e. The smallest absolute Gasteiger partial charge is 0.337 e. The molecule has 0 aliphatic rings. The van der Waals surface area contributed by atoms with Crippen LogP contribution in [-0.2, 0) is 0 Å². The van der Waals surface area contributed by atoms with E-state index in [-0.39, 0.29) is 16.8 Å². The number of carboxylic acid groups (broad SMARTS) is 1. The average molecular weight is 320 g/mol. The predicted molar refractivity (Wildman–Crippen MR) is 68.0 cm³/mol. The van der Waals surface area contributed by atoms with E-state index in [1.165, 1.54) is 6.07 Å². The van der Waals surface area contributed by atoms with Crippen molar-refractivity contribution in [1.82, 2.24) is 0 Å². The van der Waals surface area contributed by atoms with Gasteiger partial charge in [-0.15, -0.1) is 0 Å². The molecular weight excluding hydrogens is 314 g/mol. The molecule has 2 aromatic rings. The zero-order chi connectivity index (χ0) is 15.7. The highest BCUT2D eigenvalue weighted by molar-refractivity contribution is 6.31. The van der Waals surface area contributed by atoms with E-state index in [0.29, 0.717) is 0 Å². The molecule has 8 heteroatoms. The Labute approximate surface area is 120 Å². The van der Waals surface area contributed by atoms with Gasteiger partial charge in [-0.25, -0.2) is 22.4 Å². The molecular formula is C13H6ClF4NO2. The highest BCUT2D eigenvalue weighted by Gasteiger charge is 2.21. The van der Waals surface area contributed by atoms with E-state index >= 15 is 0 Å². The van der Waals surface area contributed by atoms with Gasteiger partial charge in [0.25, 0.3) is 0 Å². The molecule has 0 aliphatic heterocycles. The van der Waals surface area contributed by atoms with E-state index in [2.05, 4.69) is 0 Å². The summed E-state index contributed by atoms with van der Waals surface area (Å²) in [6.07, 6.45) is 0. The van der Waals surface area contributed by atoms with E-state index < -0.39 is 40.5 Å². The molecule has 0 aliphatic carbocycles. The fourth-order valence-corrected chi connectivity index (χ4v) is 1.79. The van der Waals surface area contributed by atoms with Gasteiger partial charge in [0.1, 0.15) is 5.69 Å². The fourth-order valence-electron chi connectivity index (χ4n) is 1.62. The molecule has 0 heterocycles.